The van der Waals surface area contributed by atoms with Crippen LogP contribution in [0.4, 0.5) is 0 Å². The van der Waals surface area contributed by atoms with E-state index in [1.807, 2.05) is 0 Å². The van der Waals surface area contributed by atoms with Crippen LogP contribution in [0.15, 0.2) is 0 Å². The lowest BCUT2D eigenvalue weighted by Gasteiger charge is -2.48. The number of nitrogens with two attached hydrogens (primary N) is 1. The van der Waals surface area contributed by atoms with E-state index in [1.165, 1.54) is 12.8 Å². The van der Waals surface area contributed by atoms with E-state index in [-0.39, 0.29) is 11.1 Å². The van der Waals surface area contributed by atoms with E-state index in [0.29, 0.717) is 0 Å². The van der Waals surface area contributed by atoms with Crippen LogP contribution in [0.3, 0.4) is 0 Å². The summed E-state index contributed by atoms with van der Waals surface area (Å²) in [4.78, 5) is 2.47. The lowest BCUT2D eigenvalue weighted by molar-refractivity contribution is 0.0265. The van der Waals surface area contributed by atoms with Gasteiger partial charge in [-0.2, -0.15) is 0 Å². The van der Waals surface area contributed by atoms with E-state index in [2.05, 4.69) is 53.5 Å². The molecule has 98 valence electrons. The molecule has 16 heavy (non-hydrogen) atoms. The maximum atomic E-state index is 6.00. The van der Waals surface area contributed by atoms with Gasteiger partial charge in [0.15, 0.2) is 0 Å². The van der Waals surface area contributed by atoms with Gasteiger partial charge in [0.2, 0.25) is 0 Å². The molecule has 0 aromatic rings. The van der Waals surface area contributed by atoms with Gasteiger partial charge in [0, 0.05) is 17.6 Å². The zero-order valence-electron chi connectivity index (χ0n) is 12.4. The Morgan fingerprint density at radius 2 is 1.69 bits per heavy atom. The zero-order valence-corrected chi connectivity index (χ0v) is 12.4. The highest BCUT2D eigenvalue weighted by Gasteiger charge is 2.35. The number of nitrogens with zero attached hydrogens (tertiary/aromatic N) is 1. The second kappa shape index (κ2) is 6.02. The van der Waals surface area contributed by atoms with Crippen molar-refractivity contribution in [1.29, 1.82) is 0 Å². The Morgan fingerprint density at radius 3 is 2.00 bits per heavy atom. The largest absolute Gasteiger partial charge is 0.329 e. The molecule has 0 bridgehead atoms. The molecule has 0 aliphatic carbocycles. The summed E-state index contributed by atoms with van der Waals surface area (Å²) in [5.41, 5.74) is 6.36. The zero-order chi connectivity index (χ0) is 13.0. The molecule has 2 heteroatoms. The molecule has 0 aliphatic rings. The third-order valence-electron chi connectivity index (χ3n) is 4.28. The first-order valence-corrected chi connectivity index (χ1v) is 6.63. The van der Waals surface area contributed by atoms with Gasteiger partial charge >= 0.3 is 0 Å². The second-order valence-corrected chi connectivity index (χ2v) is 6.36. The fraction of sp³-hybridized carbons (Fsp3) is 1.00. The molecule has 0 radical (unpaired) electrons. The topological polar surface area (TPSA) is 29.3 Å². The molecular formula is C14H32N2. The molecule has 2 N–H and O–H groups in total. The number of likely N-dealkylation sites (N-methyl/N-ethyl adjacent to an activating group) is 1. The van der Waals surface area contributed by atoms with Crippen LogP contribution < -0.4 is 5.73 Å². The monoisotopic (exact) mass is 228 g/mol. The molecular weight excluding hydrogens is 196 g/mol. The molecule has 0 aromatic heterocycles. The van der Waals surface area contributed by atoms with Crippen molar-refractivity contribution in [1.82, 2.24) is 4.90 Å². The highest BCUT2D eigenvalue weighted by molar-refractivity contribution is 4.93. The van der Waals surface area contributed by atoms with E-state index in [1.54, 1.807) is 0 Å². The number of hydrogen-bond acceptors (Lipinski definition) is 2. The summed E-state index contributed by atoms with van der Waals surface area (Å²) in [7, 11) is 2.22. The van der Waals surface area contributed by atoms with Crippen molar-refractivity contribution in [3.8, 4) is 0 Å². The van der Waals surface area contributed by atoms with Gasteiger partial charge in [0.05, 0.1) is 0 Å². The van der Waals surface area contributed by atoms with Crippen LogP contribution in [0, 0.1) is 5.92 Å². The average molecular weight is 228 g/mol. The summed E-state index contributed by atoms with van der Waals surface area (Å²) in [5.74, 6) is 0.754. The third-order valence-corrected chi connectivity index (χ3v) is 4.28. The maximum absolute atomic E-state index is 6.00. The molecule has 0 aliphatic heterocycles. The fourth-order valence-electron chi connectivity index (χ4n) is 1.97. The summed E-state index contributed by atoms with van der Waals surface area (Å²) in [5, 5.41) is 0. The van der Waals surface area contributed by atoms with Crippen molar-refractivity contribution < 1.29 is 0 Å². The standard InChI is InChI=1S/C14H32N2/c1-8-13(4,5)16(7)14(6,11-15)10-9-12(2)3/h12H,8-11,15H2,1-7H3. The van der Waals surface area contributed by atoms with Gasteiger partial charge in [-0.25, -0.2) is 0 Å². The number of hydrogen-bond donors (Lipinski definition) is 1. The summed E-state index contributed by atoms with van der Waals surface area (Å²) < 4.78 is 0. The van der Waals surface area contributed by atoms with Gasteiger partial charge in [-0.05, 0) is 53.0 Å². The Bertz CT molecular complexity index is 199. The maximum Gasteiger partial charge on any atom is 0.0305 e. The van der Waals surface area contributed by atoms with Crippen molar-refractivity contribution >= 4 is 0 Å². The van der Waals surface area contributed by atoms with Crippen LogP contribution in [0.2, 0.25) is 0 Å². The smallest absolute Gasteiger partial charge is 0.0305 e. The molecule has 0 saturated heterocycles. The SMILES string of the molecule is CCC(C)(C)N(C)C(C)(CN)CCC(C)C. The van der Waals surface area contributed by atoms with Gasteiger partial charge in [-0.3, -0.25) is 4.90 Å². The summed E-state index contributed by atoms with van der Waals surface area (Å²) in [6, 6.07) is 0. The second-order valence-electron chi connectivity index (χ2n) is 6.36. The van der Waals surface area contributed by atoms with Crippen molar-refractivity contribution in [2.24, 2.45) is 11.7 Å². The minimum atomic E-state index is 0.129. The first-order valence-electron chi connectivity index (χ1n) is 6.63. The van der Waals surface area contributed by atoms with Gasteiger partial charge in [-0.15, -0.1) is 0 Å². The average Bonchev–Trinajstić information content (AvgIpc) is 2.24. The Morgan fingerprint density at radius 1 is 1.19 bits per heavy atom. The molecule has 0 spiro atoms. The van der Waals surface area contributed by atoms with Crippen LogP contribution in [-0.4, -0.2) is 29.6 Å². The molecule has 0 aromatic carbocycles. The first kappa shape index (κ1) is 15.9. The van der Waals surface area contributed by atoms with Crippen LogP contribution in [0.1, 0.15) is 60.8 Å². The Kier molecular flexibility index (Phi) is 5.99. The lowest BCUT2D eigenvalue weighted by Crippen LogP contribution is -2.58. The molecule has 0 rings (SSSR count). The molecule has 0 saturated carbocycles. The van der Waals surface area contributed by atoms with Crippen LogP contribution in [0.25, 0.3) is 0 Å². The molecule has 0 amide bonds. The van der Waals surface area contributed by atoms with Crippen LogP contribution >= 0.6 is 0 Å². The predicted octanol–water partition coefficient (Wildman–Crippen LogP) is 3.26. The molecule has 1 unspecified atom stereocenters. The summed E-state index contributed by atoms with van der Waals surface area (Å²) in [6.07, 6.45) is 3.58. The van der Waals surface area contributed by atoms with E-state index in [4.69, 9.17) is 5.73 Å². The lowest BCUT2D eigenvalue weighted by atomic mass is 9.85. The molecule has 0 fully saturated rings. The van der Waals surface area contributed by atoms with Gasteiger partial charge in [-0.1, -0.05) is 20.8 Å². The van der Waals surface area contributed by atoms with Crippen molar-refractivity contribution in [3.63, 3.8) is 0 Å². The van der Waals surface area contributed by atoms with Crippen LogP contribution in [-0.2, 0) is 0 Å². The highest BCUT2D eigenvalue weighted by atomic mass is 15.2. The minimum absolute atomic E-state index is 0.129. The normalized spacial score (nSPS) is 16.9. The quantitative estimate of drug-likeness (QED) is 0.724. The van der Waals surface area contributed by atoms with Crippen molar-refractivity contribution in [2.45, 2.75) is 71.9 Å². The third kappa shape index (κ3) is 4.06. The molecule has 0 heterocycles. The summed E-state index contributed by atoms with van der Waals surface area (Å²) >= 11 is 0. The first-order chi connectivity index (χ1) is 7.19. The minimum Gasteiger partial charge on any atom is -0.329 e. The summed E-state index contributed by atoms with van der Waals surface area (Å²) in [6.45, 7) is 14.4. The Hall–Kier alpha value is -0.0800. The fourth-order valence-corrected chi connectivity index (χ4v) is 1.97. The Labute approximate surface area is 103 Å². The van der Waals surface area contributed by atoms with E-state index >= 15 is 0 Å². The Balaban J connectivity index is 4.67. The van der Waals surface area contributed by atoms with Crippen molar-refractivity contribution in [3.05, 3.63) is 0 Å². The van der Waals surface area contributed by atoms with Crippen LogP contribution in [0.5, 0.6) is 0 Å². The highest BCUT2D eigenvalue weighted by Crippen LogP contribution is 2.29. The predicted molar refractivity (Wildman–Crippen MR) is 73.7 cm³/mol. The number of rotatable bonds is 7. The molecule has 2 nitrogen and oxygen atoms in total. The van der Waals surface area contributed by atoms with E-state index < -0.39 is 0 Å². The molecule has 1 atom stereocenters. The van der Waals surface area contributed by atoms with E-state index in [9.17, 15) is 0 Å². The van der Waals surface area contributed by atoms with Gasteiger partial charge < -0.3 is 5.73 Å². The van der Waals surface area contributed by atoms with Gasteiger partial charge in [0.25, 0.3) is 0 Å². The van der Waals surface area contributed by atoms with Gasteiger partial charge in [0.1, 0.15) is 0 Å². The van der Waals surface area contributed by atoms with E-state index in [0.717, 1.165) is 18.9 Å². The van der Waals surface area contributed by atoms with Crippen molar-refractivity contribution in [2.75, 3.05) is 13.6 Å².